The third-order valence-electron chi connectivity index (χ3n) is 3.54. The maximum Gasteiger partial charge on any atom is 0.0737 e. The van der Waals surface area contributed by atoms with Crippen molar-refractivity contribution in [2.75, 3.05) is 6.61 Å². The molecule has 3 heteroatoms. The molecule has 1 aromatic carbocycles. The number of benzene rings is 1. The summed E-state index contributed by atoms with van der Waals surface area (Å²) >= 11 is 6.24. The monoisotopic (exact) mass is 268 g/mol. The van der Waals surface area contributed by atoms with Crippen LogP contribution in [0.2, 0.25) is 5.02 Å². The zero-order valence-electron chi connectivity index (χ0n) is 11.3. The van der Waals surface area contributed by atoms with Gasteiger partial charge < -0.3 is 9.84 Å². The van der Waals surface area contributed by atoms with Gasteiger partial charge in [0.2, 0.25) is 0 Å². The Kier molecular flexibility index (Phi) is 3.72. The molecule has 1 N–H and O–H groups in total. The van der Waals surface area contributed by atoms with Crippen LogP contribution in [0.5, 0.6) is 0 Å². The molecule has 2 rings (SSSR count). The van der Waals surface area contributed by atoms with Crippen LogP contribution in [-0.4, -0.2) is 22.9 Å². The second-order valence-corrected chi connectivity index (χ2v) is 6.44. The standard InChI is InChI=1S/C15H21ClO2/c1-11-4-5-12(13(16)8-11)9-15(17)6-7-18-14(2,3)10-15/h4-5,8,17H,6-7,9-10H2,1-3H3. The molecule has 0 aromatic heterocycles. The first kappa shape index (κ1) is 13.9. The SMILES string of the molecule is Cc1ccc(CC2(O)CCOC(C)(C)C2)c(Cl)c1. The van der Waals surface area contributed by atoms with E-state index in [1.54, 1.807) is 0 Å². The molecule has 0 radical (unpaired) electrons. The van der Waals surface area contributed by atoms with Gasteiger partial charge in [-0.25, -0.2) is 0 Å². The van der Waals surface area contributed by atoms with Crippen molar-refractivity contribution in [2.45, 2.75) is 51.2 Å². The lowest BCUT2D eigenvalue weighted by atomic mass is 9.80. The van der Waals surface area contributed by atoms with Crippen molar-refractivity contribution < 1.29 is 9.84 Å². The Hall–Kier alpha value is -0.570. The fourth-order valence-corrected chi connectivity index (χ4v) is 3.05. The second kappa shape index (κ2) is 4.84. The molecule has 1 aromatic rings. The summed E-state index contributed by atoms with van der Waals surface area (Å²) in [6.45, 7) is 6.66. The molecule has 0 spiro atoms. The van der Waals surface area contributed by atoms with E-state index in [4.69, 9.17) is 16.3 Å². The van der Waals surface area contributed by atoms with Crippen LogP contribution in [-0.2, 0) is 11.2 Å². The third kappa shape index (κ3) is 3.25. The lowest BCUT2D eigenvalue weighted by molar-refractivity contribution is -0.143. The van der Waals surface area contributed by atoms with Gasteiger partial charge in [-0.05, 0) is 44.4 Å². The fraction of sp³-hybridized carbons (Fsp3) is 0.600. The van der Waals surface area contributed by atoms with Crippen molar-refractivity contribution in [1.82, 2.24) is 0 Å². The molecule has 0 bridgehead atoms. The Morgan fingerprint density at radius 3 is 2.72 bits per heavy atom. The molecule has 18 heavy (non-hydrogen) atoms. The predicted molar refractivity (Wildman–Crippen MR) is 74.1 cm³/mol. The Morgan fingerprint density at radius 2 is 2.11 bits per heavy atom. The van der Waals surface area contributed by atoms with Gasteiger partial charge in [-0.1, -0.05) is 23.7 Å². The summed E-state index contributed by atoms with van der Waals surface area (Å²) in [5, 5.41) is 11.5. The van der Waals surface area contributed by atoms with Gasteiger partial charge >= 0.3 is 0 Å². The molecule has 0 saturated carbocycles. The highest BCUT2D eigenvalue weighted by molar-refractivity contribution is 6.31. The number of aliphatic hydroxyl groups is 1. The average Bonchev–Trinajstić information content (AvgIpc) is 2.20. The van der Waals surface area contributed by atoms with E-state index in [1.807, 2.05) is 39.0 Å². The molecule has 1 fully saturated rings. The molecule has 1 unspecified atom stereocenters. The Morgan fingerprint density at radius 1 is 1.39 bits per heavy atom. The third-order valence-corrected chi connectivity index (χ3v) is 3.89. The minimum Gasteiger partial charge on any atom is -0.389 e. The van der Waals surface area contributed by atoms with Crippen molar-refractivity contribution in [3.8, 4) is 0 Å². The van der Waals surface area contributed by atoms with Crippen LogP contribution >= 0.6 is 11.6 Å². The van der Waals surface area contributed by atoms with E-state index in [2.05, 4.69) is 0 Å². The van der Waals surface area contributed by atoms with E-state index in [0.29, 0.717) is 25.9 Å². The Labute approximate surface area is 114 Å². The van der Waals surface area contributed by atoms with Crippen LogP contribution in [0.15, 0.2) is 18.2 Å². The number of hydrogen-bond acceptors (Lipinski definition) is 2. The van der Waals surface area contributed by atoms with Crippen LogP contribution in [0.3, 0.4) is 0 Å². The fourth-order valence-electron chi connectivity index (χ4n) is 2.75. The first-order valence-corrected chi connectivity index (χ1v) is 6.79. The van der Waals surface area contributed by atoms with E-state index in [-0.39, 0.29) is 5.60 Å². The lowest BCUT2D eigenvalue weighted by Gasteiger charge is -2.41. The van der Waals surface area contributed by atoms with E-state index in [9.17, 15) is 5.11 Å². The Bertz CT molecular complexity index is 442. The first-order valence-electron chi connectivity index (χ1n) is 6.41. The lowest BCUT2D eigenvalue weighted by Crippen LogP contribution is -2.47. The van der Waals surface area contributed by atoms with Crippen LogP contribution < -0.4 is 0 Å². The van der Waals surface area contributed by atoms with Crippen molar-refractivity contribution in [3.05, 3.63) is 34.3 Å². The molecule has 100 valence electrons. The maximum absolute atomic E-state index is 10.7. The predicted octanol–water partition coefficient (Wildman–Crippen LogP) is 3.51. The highest BCUT2D eigenvalue weighted by atomic mass is 35.5. The van der Waals surface area contributed by atoms with E-state index < -0.39 is 5.60 Å². The van der Waals surface area contributed by atoms with Gasteiger partial charge in [0.1, 0.15) is 0 Å². The summed E-state index contributed by atoms with van der Waals surface area (Å²) in [7, 11) is 0. The van der Waals surface area contributed by atoms with Gasteiger partial charge in [-0.2, -0.15) is 0 Å². The van der Waals surface area contributed by atoms with E-state index in [1.165, 1.54) is 0 Å². The van der Waals surface area contributed by atoms with Crippen molar-refractivity contribution >= 4 is 11.6 Å². The first-order chi connectivity index (χ1) is 8.30. The molecule has 2 nitrogen and oxygen atoms in total. The molecule has 1 aliphatic rings. The molecule has 1 saturated heterocycles. The number of rotatable bonds is 2. The average molecular weight is 269 g/mol. The Balaban J connectivity index is 2.17. The second-order valence-electron chi connectivity index (χ2n) is 6.03. The van der Waals surface area contributed by atoms with Gasteiger partial charge in [0, 0.05) is 17.9 Å². The highest BCUT2D eigenvalue weighted by Gasteiger charge is 2.39. The van der Waals surface area contributed by atoms with Crippen molar-refractivity contribution in [2.24, 2.45) is 0 Å². The number of aryl methyl sites for hydroxylation is 1. The largest absolute Gasteiger partial charge is 0.389 e. The summed E-state index contributed by atoms with van der Waals surface area (Å²) in [4.78, 5) is 0. The molecule has 1 heterocycles. The smallest absolute Gasteiger partial charge is 0.0737 e. The zero-order valence-corrected chi connectivity index (χ0v) is 12.0. The van der Waals surface area contributed by atoms with E-state index in [0.717, 1.165) is 16.1 Å². The maximum atomic E-state index is 10.7. The van der Waals surface area contributed by atoms with Crippen LogP contribution in [0, 0.1) is 6.92 Å². The van der Waals surface area contributed by atoms with Crippen molar-refractivity contribution in [3.63, 3.8) is 0 Å². The highest BCUT2D eigenvalue weighted by Crippen LogP contribution is 2.35. The summed E-state index contributed by atoms with van der Waals surface area (Å²) in [5.41, 5.74) is 1.19. The van der Waals surface area contributed by atoms with Crippen LogP contribution in [0.25, 0.3) is 0 Å². The zero-order chi connectivity index (χ0) is 13.4. The van der Waals surface area contributed by atoms with Crippen molar-refractivity contribution in [1.29, 1.82) is 0 Å². The topological polar surface area (TPSA) is 29.5 Å². The van der Waals surface area contributed by atoms with Gasteiger partial charge in [-0.15, -0.1) is 0 Å². The van der Waals surface area contributed by atoms with E-state index >= 15 is 0 Å². The number of hydrogen-bond donors (Lipinski definition) is 1. The number of ether oxygens (including phenoxy) is 1. The normalized spacial score (nSPS) is 27.2. The molecule has 1 atom stereocenters. The quantitative estimate of drug-likeness (QED) is 0.889. The van der Waals surface area contributed by atoms with Gasteiger partial charge in [-0.3, -0.25) is 0 Å². The molecular weight excluding hydrogens is 248 g/mol. The summed E-state index contributed by atoms with van der Waals surface area (Å²) < 4.78 is 5.65. The minimum atomic E-state index is -0.708. The summed E-state index contributed by atoms with van der Waals surface area (Å²) in [6, 6.07) is 6.00. The van der Waals surface area contributed by atoms with Gasteiger partial charge in [0.05, 0.1) is 17.8 Å². The summed E-state index contributed by atoms with van der Waals surface area (Å²) in [5.74, 6) is 0. The minimum absolute atomic E-state index is 0.260. The summed E-state index contributed by atoms with van der Waals surface area (Å²) in [6.07, 6.45) is 1.91. The van der Waals surface area contributed by atoms with Gasteiger partial charge in [0.15, 0.2) is 0 Å². The number of halogens is 1. The van der Waals surface area contributed by atoms with Crippen LogP contribution in [0.1, 0.15) is 37.8 Å². The molecule has 1 aliphatic heterocycles. The molecular formula is C15H21ClO2. The molecule has 0 amide bonds. The molecule has 0 aliphatic carbocycles. The van der Waals surface area contributed by atoms with Gasteiger partial charge in [0.25, 0.3) is 0 Å². The van der Waals surface area contributed by atoms with Crippen LogP contribution in [0.4, 0.5) is 0 Å².